The van der Waals surface area contributed by atoms with E-state index in [1.807, 2.05) is 0 Å². The lowest BCUT2D eigenvalue weighted by molar-refractivity contribution is 0.0989. The molecule has 0 bridgehead atoms. The van der Waals surface area contributed by atoms with Crippen LogP contribution in [0, 0.1) is 5.82 Å². The number of methoxy groups -OCH3 is 2. The van der Waals surface area contributed by atoms with Crippen LogP contribution in [0.25, 0.3) is 0 Å². The molecule has 0 saturated carbocycles. The molecule has 104 valence electrons. The van der Waals surface area contributed by atoms with Crippen molar-refractivity contribution >= 4 is 5.78 Å². The summed E-state index contributed by atoms with van der Waals surface area (Å²) in [7, 11) is 3.02. The van der Waals surface area contributed by atoms with Gasteiger partial charge in [0.25, 0.3) is 0 Å². The van der Waals surface area contributed by atoms with Gasteiger partial charge in [-0.15, -0.1) is 0 Å². The van der Waals surface area contributed by atoms with Gasteiger partial charge in [-0.3, -0.25) is 4.79 Å². The van der Waals surface area contributed by atoms with Crippen LogP contribution >= 0.6 is 0 Å². The Bertz CT molecular complexity index is 623. The van der Waals surface area contributed by atoms with Crippen molar-refractivity contribution in [2.75, 3.05) is 14.2 Å². The fourth-order valence-electron chi connectivity index (χ4n) is 1.94. The van der Waals surface area contributed by atoms with Gasteiger partial charge in [-0.05, 0) is 23.8 Å². The highest BCUT2D eigenvalue weighted by molar-refractivity contribution is 6.00. The first-order valence-electron chi connectivity index (χ1n) is 6.14. The summed E-state index contributed by atoms with van der Waals surface area (Å²) in [4.78, 5) is 12.3. The summed E-state index contributed by atoms with van der Waals surface area (Å²) in [6.45, 7) is 0. The number of Topliss-reactive ketones (excluding diaryl/α,β-unsaturated/α-hetero) is 1. The van der Waals surface area contributed by atoms with E-state index < -0.39 is 0 Å². The molecule has 0 atom stereocenters. The first-order chi connectivity index (χ1) is 9.65. The molecule has 2 rings (SSSR count). The number of ether oxygens (including phenoxy) is 2. The van der Waals surface area contributed by atoms with Crippen LogP contribution in [-0.2, 0) is 6.42 Å². The van der Waals surface area contributed by atoms with Crippen LogP contribution in [0.4, 0.5) is 4.39 Å². The molecule has 0 aliphatic rings. The zero-order chi connectivity index (χ0) is 14.5. The van der Waals surface area contributed by atoms with Gasteiger partial charge in [-0.25, -0.2) is 4.39 Å². The maximum absolute atomic E-state index is 13.6. The molecular weight excluding hydrogens is 259 g/mol. The molecule has 0 saturated heterocycles. The largest absolute Gasteiger partial charge is 0.497 e. The molecule has 0 unspecified atom stereocenters. The Balaban J connectivity index is 2.27. The molecule has 0 heterocycles. The van der Waals surface area contributed by atoms with E-state index in [2.05, 4.69) is 0 Å². The standard InChI is InChI=1S/C16H15FO3/c1-19-12-7-8-13(16(10-12)20-2)15(18)9-11-5-3-4-6-14(11)17/h3-8,10H,9H2,1-2H3. The Hall–Kier alpha value is -2.36. The first-order valence-corrected chi connectivity index (χ1v) is 6.14. The van der Waals surface area contributed by atoms with E-state index >= 15 is 0 Å². The third-order valence-corrected chi connectivity index (χ3v) is 3.02. The van der Waals surface area contributed by atoms with Gasteiger partial charge < -0.3 is 9.47 Å². The monoisotopic (exact) mass is 274 g/mol. The Labute approximate surface area is 117 Å². The normalized spacial score (nSPS) is 10.2. The van der Waals surface area contributed by atoms with Crippen LogP contribution in [-0.4, -0.2) is 20.0 Å². The van der Waals surface area contributed by atoms with Gasteiger partial charge in [0.05, 0.1) is 19.8 Å². The Morgan fingerprint density at radius 2 is 1.85 bits per heavy atom. The highest BCUT2D eigenvalue weighted by Crippen LogP contribution is 2.26. The van der Waals surface area contributed by atoms with Crippen molar-refractivity contribution in [1.82, 2.24) is 0 Å². The smallest absolute Gasteiger partial charge is 0.171 e. The van der Waals surface area contributed by atoms with E-state index in [0.29, 0.717) is 22.6 Å². The van der Waals surface area contributed by atoms with Crippen molar-refractivity contribution in [3.8, 4) is 11.5 Å². The molecule has 0 N–H and O–H groups in total. The molecule has 3 nitrogen and oxygen atoms in total. The van der Waals surface area contributed by atoms with Crippen LogP contribution in [0.5, 0.6) is 11.5 Å². The number of halogens is 1. The highest BCUT2D eigenvalue weighted by Gasteiger charge is 2.15. The van der Waals surface area contributed by atoms with E-state index in [1.54, 1.807) is 36.4 Å². The predicted molar refractivity (Wildman–Crippen MR) is 74.0 cm³/mol. The third-order valence-electron chi connectivity index (χ3n) is 3.02. The van der Waals surface area contributed by atoms with E-state index in [9.17, 15) is 9.18 Å². The summed E-state index contributed by atoms with van der Waals surface area (Å²) < 4.78 is 23.8. The van der Waals surface area contributed by atoms with E-state index in [1.165, 1.54) is 20.3 Å². The number of carbonyl (C=O) groups excluding carboxylic acids is 1. The SMILES string of the molecule is COc1ccc(C(=O)Cc2ccccc2F)c(OC)c1. The number of carbonyl (C=O) groups is 1. The second kappa shape index (κ2) is 6.19. The minimum absolute atomic E-state index is 0.00460. The van der Waals surface area contributed by atoms with Gasteiger partial charge in [0, 0.05) is 12.5 Å². The van der Waals surface area contributed by atoms with Gasteiger partial charge in [-0.1, -0.05) is 18.2 Å². The second-order valence-corrected chi connectivity index (χ2v) is 4.26. The Kier molecular flexibility index (Phi) is 4.35. The summed E-state index contributed by atoms with van der Waals surface area (Å²) in [5.74, 6) is 0.443. The fraction of sp³-hybridized carbons (Fsp3) is 0.188. The number of ketones is 1. The van der Waals surface area contributed by atoms with Crippen LogP contribution in [0.1, 0.15) is 15.9 Å². The molecule has 2 aromatic carbocycles. The molecule has 0 radical (unpaired) electrons. The van der Waals surface area contributed by atoms with Crippen LogP contribution in [0.15, 0.2) is 42.5 Å². The Morgan fingerprint density at radius 1 is 1.10 bits per heavy atom. The molecule has 0 aliphatic carbocycles. The van der Waals surface area contributed by atoms with Crippen molar-refractivity contribution in [2.45, 2.75) is 6.42 Å². The fourth-order valence-corrected chi connectivity index (χ4v) is 1.94. The molecule has 0 fully saturated rings. The summed E-state index contributed by atoms with van der Waals surface area (Å²) in [6.07, 6.45) is -0.00460. The summed E-state index contributed by atoms with van der Waals surface area (Å²) in [5.41, 5.74) is 0.784. The minimum atomic E-state index is -0.381. The molecular formula is C16H15FO3. The molecule has 0 aliphatic heterocycles. The second-order valence-electron chi connectivity index (χ2n) is 4.26. The molecule has 2 aromatic rings. The molecule has 0 amide bonds. The average molecular weight is 274 g/mol. The number of benzene rings is 2. The summed E-state index contributed by atoms with van der Waals surface area (Å²) in [6, 6.07) is 11.2. The number of hydrogen-bond acceptors (Lipinski definition) is 3. The lowest BCUT2D eigenvalue weighted by atomic mass is 10.0. The van der Waals surface area contributed by atoms with Gasteiger partial charge in [-0.2, -0.15) is 0 Å². The topological polar surface area (TPSA) is 35.5 Å². The van der Waals surface area contributed by atoms with Crippen LogP contribution < -0.4 is 9.47 Å². The van der Waals surface area contributed by atoms with Gasteiger partial charge >= 0.3 is 0 Å². The molecule has 0 spiro atoms. The summed E-state index contributed by atoms with van der Waals surface area (Å²) in [5, 5.41) is 0. The maximum Gasteiger partial charge on any atom is 0.171 e. The van der Waals surface area contributed by atoms with Crippen molar-refractivity contribution in [3.63, 3.8) is 0 Å². The molecule has 20 heavy (non-hydrogen) atoms. The Morgan fingerprint density at radius 3 is 2.50 bits per heavy atom. The summed E-state index contributed by atoms with van der Waals surface area (Å²) >= 11 is 0. The van der Waals surface area contributed by atoms with Crippen molar-refractivity contribution in [2.24, 2.45) is 0 Å². The lowest BCUT2D eigenvalue weighted by Crippen LogP contribution is -2.07. The zero-order valence-corrected chi connectivity index (χ0v) is 11.4. The van der Waals surface area contributed by atoms with Crippen molar-refractivity contribution in [1.29, 1.82) is 0 Å². The average Bonchev–Trinajstić information content (AvgIpc) is 2.48. The van der Waals surface area contributed by atoms with Gasteiger partial charge in [0.15, 0.2) is 5.78 Å². The van der Waals surface area contributed by atoms with E-state index in [-0.39, 0.29) is 18.0 Å². The molecule has 4 heteroatoms. The first kappa shape index (κ1) is 14.1. The zero-order valence-electron chi connectivity index (χ0n) is 11.4. The third kappa shape index (κ3) is 2.96. The lowest BCUT2D eigenvalue weighted by Gasteiger charge is -2.10. The van der Waals surface area contributed by atoms with Crippen LogP contribution in [0.3, 0.4) is 0 Å². The van der Waals surface area contributed by atoms with Crippen molar-refractivity contribution < 1.29 is 18.7 Å². The van der Waals surface area contributed by atoms with E-state index in [0.717, 1.165) is 0 Å². The minimum Gasteiger partial charge on any atom is -0.497 e. The van der Waals surface area contributed by atoms with Crippen molar-refractivity contribution in [3.05, 3.63) is 59.4 Å². The highest BCUT2D eigenvalue weighted by atomic mass is 19.1. The quantitative estimate of drug-likeness (QED) is 0.785. The van der Waals surface area contributed by atoms with Gasteiger partial charge in [0.1, 0.15) is 17.3 Å². The molecule has 0 aromatic heterocycles. The maximum atomic E-state index is 13.6. The van der Waals surface area contributed by atoms with Crippen LogP contribution in [0.2, 0.25) is 0 Å². The van der Waals surface area contributed by atoms with Gasteiger partial charge in [0.2, 0.25) is 0 Å². The predicted octanol–water partition coefficient (Wildman–Crippen LogP) is 3.27. The van der Waals surface area contributed by atoms with E-state index in [4.69, 9.17) is 9.47 Å². The number of rotatable bonds is 5. The number of hydrogen-bond donors (Lipinski definition) is 0.